The minimum Gasteiger partial charge on any atom is -0.493 e. The molecule has 8 nitrogen and oxygen atoms in total. The number of aromatic nitrogens is 2. The summed E-state index contributed by atoms with van der Waals surface area (Å²) in [6.45, 7) is 8.68. The highest BCUT2D eigenvalue weighted by molar-refractivity contribution is 6.06. The molecule has 4 heterocycles. The number of anilines is 1. The molecule has 0 saturated carbocycles. The summed E-state index contributed by atoms with van der Waals surface area (Å²) in [6.07, 6.45) is 9.72. The molecular formula is C29H34N6O2. The van der Waals surface area contributed by atoms with Crippen molar-refractivity contribution in [2.24, 2.45) is 4.99 Å². The van der Waals surface area contributed by atoms with Gasteiger partial charge in [0.25, 0.3) is 5.91 Å². The number of aryl methyl sites for hydroxylation is 1. The summed E-state index contributed by atoms with van der Waals surface area (Å²) in [4.78, 5) is 33.3. The highest BCUT2D eigenvalue weighted by Gasteiger charge is 2.31. The minimum atomic E-state index is 0.102. The predicted molar refractivity (Wildman–Crippen MR) is 146 cm³/mol. The fourth-order valence-corrected chi connectivity index (χ4v) is 5.63. The molecule has 6 rings (SSSR count). The lowest BCUT2D eigenvalue weighted by Gasteiger charge is -2.34. The van der Waals surface area contributed by atoms with Crippen molar-refractivity contribution in [1.82, 2.24) is 19.8 Å². The summed E-state index contributed by atoms with van der Waals surface area (Å²) >= 11 is 0. The number of hydrogen-bond acceptors (Lipinski definition) is 7. The Morgan fingerprint density at radius 2 is 1.78 bits per heavy atom. The number of fused-ring (bicyclic) bond motifs is 3. The Bertz CT molecular complexity index is 1300. The number of rotatable bonds is 7. The van der Waals surface area contributed by atoms with Gasteiger partial charge in [0.15, 0.2) is 0 Å². The smallest absolute Gasteiger partial charge is 0.256 e. The summed E-state index contributed by atoms with van der Waals surface area (Å²) in [5, 5.41) is 2.12. The fraction of sp³-hybridized carbons (Fsp3) is 0.448. The lowest BCUT2D eigenvalue weighted by atomic mass is 10.0. The van der Waals surface area contributed by atoms with E-state index in [2.05, 4.69) is 38.8 Å². The van der Waals surface area contributed by atoms with Gasteiger partial charge < -0.3 is 14.5 Å². The zero-order valence-electron chi connectivity index (χ0n) is 21.5. The van der Waals surface area contributed by atoms with E-state index < -0.39 is 0 Å². The van der Waals surface area contributed by atoms with Crippen LogP contribution in [0.25, 0.3) is 10.8 Å². The van der Waals surface area contributed by atoms with Gasteiger partial charge in [-0.2, -0.15) is 0 Å². The Labute approximate surface area is 218 Å². The van der Waals surface area contributed by atoms with E-state index in [4.69, 9.17) is 9.73 Å². The molecular weight excluding hydrogens is 464 g/mol. The quantitative estimate of drug-likeness (QED) is 0.454. The van der Waals surface area contributed by atoms with Gasteiger partial charge in [-0.3, -0.25) is 14.7 Å². The first-order chi connectivity index (χ1) is 18.2. The predicted octanol–water partition coefficient (Wildman–Crippen LogP) is 4.24. The molecule has 37 heavy (non-hydrogen) atoms. The van der Waals surface area contributed by atoms with Crippen LogP contribution in [0.2, 0.25) is 0 Å². The molecule has 2 aromatic carbocycles. The van der Waals surface area contributed by atoms with Gasteiger partial charge in [-0.15, -0.1) is 0 Å². The maximum atomic E-state index is 13.1. The van der Waals surface area contributed by atoms with Crippen LogP contribution in [0.15, 0.2) is 47.7 Å². The van der Waals surface area contributed by atoms with E-state index in [1.165, 1.54) is 0 Å². The maximum absolute atomic E-state index is 13.1. The van der Waals surface area contributed by atoms with Gasteiger partial charge in [-0.1, -0.05) is 0 Å². The Kier molecular flexibility index (Phi) is 6.74. The van der Waals surface area contributed by atoms with E-state index in [0.29, 0.717) is 12.2 Å². The maximum Gasteiger partial charge on any atom is 0.256 e. The fourth-order valence-electron chi connectivity index (χ4n) is 5.63. The third kappa shape index (κ3) is 5.03. The number of nitrogens with zero attached hydrogens (tertiary/aromatic N) is 6. The number of carbonyl (C=O) groups is 1. The van der Waals surface area contributed by atoms with Crippen molar-refractivity contribution in [3.63, 3.8) is 0 Å². The Balaban J connectivity index is 1.02. The number of amides is 1. The first kappa shape index (κ1) is 23.9. The lowest BCUT2D eigenvalue weighted by molar-refractivity contribution is 0.0775. The molecule has 0 spiro atoms. The van der Waals surface area contributed by atoms with Crippen molar-refractivity contribution in [2.45, 2.75) is 38.6 Å². The van der Waals surface area contributed by atoms with Gasteiger partial charge in [0, 0.05) is 51.3 Å². The molecule has 0 N–H and O–H groups in total. The molecule has 8 heteroatoms. The normalized spacial score (nSPS) is 19.7. The van der Waals surface area contributed by atoms with Crippen molar-refractivity contribution in [3.05, 3.63) is 53.9 Å². The van der Waals surface area contributed by atoms with Crippen LogP contribution in [-0.4, -0.2) is 83.8 Å². The SMILES string of the molecule is Cc1cc2cc3c(cc2cc1OCCCCN1CCN(c2ncccn2)CC1)N=C[C@@H]1CCCN1C3=O. The number of unbranched alkanes of at least 4 members (excludes halogenated alkanes) is 1. The second-order valence-electron chi connectivity index (χ2n) is 10.3. The van der Waals surface area contributed by atoms with E-state index in [-0.39, 0.29) is 11.9 Å². The molecule has 2 saturated heterocycles. The first-order valence-corrected chi connectivity index (χ1v) is 13.5. The molecule has 3 aromatic rings. The van der Waals surface area contributed by atoms with Gasteiger partial charge in [-0.25, -0.2) is 9.97 Å². The Morgan fingerprint density at radius 3 is 2.62 bits per heavy atom. The Morgan fingerprint density at radius 1 is 0.973 bits per heavy atom. The summed E-state index contributed by atoms with van der Waals surface area (Å²) in [7, 11) is 0. The number of piperazine rings is 1. The zero-order chi connectivity index (χ0) is 25.2. The number of carbonyl (C=O) groups excluding carboxylic acids is 1. The van der Waals surface area contributed by atoms with Crippen LogP contribution in [0, 0.1) is 6.92 Å². The topological polar surface area (TPSA) is 74.2 Å². The summed E-state index contributed by atoms with van der Waals surface area (Å²) in [5.41, 5.74) is 2.56. The van der Waals surface area contributed by atoms with Crippen molar-refractivity contribution in [2.75, 3.05) is 50.8 Å². The first-order valence-electron chi connectivity index (χ1n) is 13.5. The number of hydrogen-bond donors (Lipinski definition) is 0. The van der Waals surface area contributed by atoms with Crippen LogP contribution in [0.1, 0.15) is 41.6 Å². The molecule has 1 atom stereocenters. The van der Waals surface area contributed by atoms with Crippen molar-refractivity contribution >= 4 is 34.5 Å². The van der Waals surface area contributed by atoms with E-state index in [0.717, 1.165) is 98.7 Å². The van der Waals surface area contributed by atoms with Gasteiger partial charge in [-0.05, 0) is 85.8 Å². The number of benzene rings is 2. The second kappa shape index (κ2) is 10.5. The van der Waals surface area contributed by atoms with Crippen molar-refractivity contribution in [3.8, 4) is 5.75 Å². The monoisotopic (exact) mass is 498 g/mol. The second-order valence-corrected chi connectivity index (χ2v) is 10.3. The lowest BCUT2D eigenvalue weighted by Crippen LogP contribution is -2.47. The van der Waals surface area contributed by atoms with Crippen molar-refractivity contribution in [1.29, 1.82) is 0 Å². The third-order valence-electron chi connectivity index (χ3n) is 7.76. The van der Waals surface area contributed by atoms with E-state index in [9.17, 15) is 4.79 Å². The van der Waals surface area contributed by atoms with E-state index in [1.54, 1.807) is 12.4 Å². The molecule has 0 unspecified atom stereocenters. The third-order valence-corrected chi connectivity index (χ3v) is 7.76. The largest absolute Gasteiger partial charge is 0.493 e. The molecule has 2 fully saturated rings. The molecule has 192 valence electrons. The van der Waals surface area contributed by atoms with Gasteiger partial charge in [0.2, 0.25) is 5.95 Å². The van der Waals surface area contributed by atoms with Crippen LogP contribution >= 0.6 is 0 Å². The van der Waals surface area contributed by atoms with Gasteiger partial charge in [0.05, 0.1) is 23.9 Å². The molecule has 1 aromatic heterocycles. The molecule has 3 aliphatic rings. The highest BCUT2D eigenvalue weighted by atomic mass is 16.5. The van der Waals surface area contributed by atoms with Gasteiger partial charge >= 0.3 is 0 Å². The zero-order valence-corrected chi connectivity index (χ0v) is 21.5. The average molecular weight is 499 g/mol. The molecule has 0 radical (unpaired) electrons. The van der Waals surface area contributed by atoms with Crippen LogP contribution in [0.5, 0.6) is 5.75 Å². The number of ether oxygens (including phenoxy) is 1. The van der Waals surface area contributed by atoms with Crippen LogP contribution < -0.4 is 9.64 Å². The highest BCUT2D eigenvalue weighted by Crippen LogP contribution is 2.34. The average Bonchev–Trinajstić information content (AvgIpc) is 3.36. The molecule has 3 aliphatic heterocycles. The van der Waals surface area contributed by atoms with Crippen LogP contribution in [0.4, 0.5) is 11.6 Å². The van der Waals surface area contributed by atoms with Crippen LogP contribution in [0.3, 0.4) is 0 Å². The summed E-state index contributed by atoms with van der Waals surface area (Å²) in [6, 6.07) is 10.3. The molecule has 0 bridgehead atoms. The van der Waals surface area contributed by atoms with Crippen LogP contribution in [-0.2, 0) is 0 Å². The minimum absolute atomic E-state index is 0.102. The molecule has 0 aliphatic carbocycles. The summed E-state index contributed by atoms with van der Waals surface area (Å²) < 4.78 is 6.20. The molecule has 1 amide bonds. The number of aliphatic imine (C=N–C) groups is 1. The van der Waals surface area contributed by atoms with Crippen molar-refractivity contribution < 1.29 is 9.53 Å². The Hall–Kier alpha value is -3.52. The van der Waals surface area contributed by atoms with Gasteiger partial charge in [0.1, 0.15) is 5.75 Å². The van der Waals surface area contributed by atoms with E-state index >= 15 is 0 Å². The van der Waals surface area contributed by atoms with E-state index in [1.807, 2.05) is 29.3 Å². The standard InChI is InChI=1S/C29H34N6O2/c1-21-16-22-17-25-26(32-20-24-6-4-10-35(24)28(25)36)18-23(22)19-27(21)37-15-3-2-9-33-11-13-34(14-12-33)29-30-7-5-8-31-29/h5,7-8,16-20,24H,2-4,6,9-15H2,1H3/t24-/m0/s1. The summed E-state index contributed by atoms with van der Waals surface area (Å²) in [5.74, 6) is 1.84.